The summed E-state index contributed by atoms with van der Waals surface area (Å²) in [5.41, 5.74) is 0.761. The van der Waals surface area contributed by atoms with Gasteiger partial charge in [0.2, 0.25) is 10.0 Å². The van der Waals surface area contributed by atoms with Crippen molar-refractivity contribution in [2.75, 3.05) is 6.54 Å². The maximum absolute atomic E-state index is 12.1. The van der Waals surface area contributed by atoms with Crippen molar-refractivity contribution < 1.29 is 18.3 Å². The van der Waals surface area contributed by atoms with E-state index in [9.17, 15) is 13.2 Å². The van der Waals surface area contributed by atoms with Crippen molar-refractivity contribution in [3.8, 4) is 0 Å². The Labute approximate surface area is 112 Å². The van der Waals surface area contributed by atoms with E-state index in [4.69, 9.17) is 5.11 Å². The second kappa shape index (κ2) is 5.54. The van der Waals surface area contributed by atoms with E-state index < -0.39 is 22.0 Å². The van der Waals surface area contributed by atoms with Gasteiger partial charge in [-0.25, -0.2) is 8.42 Å². The van der Waals surface area contributed by atoms with Gasteiger partial charge >= 0.3 is 5.97 Å². The highest BCUT2D eigenvalue weighted by atomic mass is 32.2. The van der Waals surface area contributed by atoms with Crippen LogP contribution in [0.5, 0.6) is 0 Å². The van der Waals surface area contributed by atoms with Crippen LogP contribution in [-0.2, 0) is 14.8 Å². The summed E-state index contributed by atoms with van der Waals surface area (Å²) >= 11 is 0. The van der Waals surface area contributed by atoms with Gasteiger partial charge in [0.1, 0.15) is 6.04 Å². The number of carboxylic acids is 1. The molecule has 1 aliphatic rings. The summed E-state index contributed by atoms with van der Waals surface area (Å²) in [6.45, 7) is 0.262. The zero-order chi connectivity index (χ0) is 13.9. The molecule has 6 heteroatoms. The first-order chi connectivity index (χ1) is 9.00. The number of carbonyl (C=O) groups is 1. The maximum atomic E-state index is 12.1. The van der Waals surface area contributed by atoms with Gasteiger partial charge in [0.05, 0.1) is 0 Å². The Morgan fingerprint density at radius 2 is 2.00 bits per heavy atom. The van der Waals surface area contributed by atoms with Crippen molar-refractivity contribution in [1.82, 2.24) is 4.31 Å². The molecule has 1 aromatic carbocycles. The Morgan fingerprint density at radius 1 is 1.32 bits per heavy atom. The van der Waals surface area contributed by atoms with Crippen LogP contribution in [0.25, 0.3) is 6.08 Å². The number of aliphatic carboxylic acids is 1. The third kappa shape index (κ3) is 3.21. The molecule has 0 unspecified atom stereocenters. The Kier molecular flexibility index (Phi) is 4.01. The van der Waals surface area contributed by atoms with Crippen LogP contribution < -0.4 is 0 Å². The van der Waals surface area contributed by atoms with Crippen molar-refractivity contribution >= 4 is 22.1 Å². The minimum Gasteiger partial charge on any atom is -0.480 e. The lowest BCUT2D eigenvalue weighted by Crippen LogP contribution is -2.39. The summed E-state index contributed by atoms with van der Waals surface area (Å²) in [5, 5.41) is 10.1. The fourth-order valence-corrected chi connectivity index (χ4v) is 3.52. The van der Waals surface area contributed by atoms with Gasteiger partial charge in [-0.2, -0.15) is 4.31 Å². The lowest BCUT2D eigenvalue weighted by atomic mass is 10.2. The van der Waals surface area contributed by atoms with Crippen molar-refractivity contribution in [1.29, 1.82) is 0 Å². The zero-order valence-corrected chi connectivity index (χ0v) is 11.1. The molecule has 1 aliphatic heterocycles. The summed E-state index contributed by atoms with van der Waals surface area (Å²) in [7, 11) is -3.68. The van der Waals surface area contributed by atoms with E-state index in [-0.39, 0.29) is 6.54 Å². The van der Waals surface area contributed by atoms with Crippen LogP contribution >= 0.6 is 0 Å². The average Bonchev–Trinajstić information content (AvgIpc) is 2.88. The SMILES string of the molecule is O=C(O)[C@@H]1CCCN1S(=O)(=O)C=Cc1ccccc1. The Bertz CT molecular complexity index is 580. The lowest BCUT2D eigenvalue weighted by Gasteiger charge is -2.18. The normalized spacial score (nSPS) is 20.9. The molecule has 1 fully saturated rings. The molecule has 19 heavy (non-hydrogen) atoms. The van der Waals surface area contributed by atoms with Gasteiger partial charge in [0.25, 0.3) is 0 Å². The molecule has 0 spiro atoms. The van der Waals surface area contributed by atoms with Crippen molar-refractivity contribution in [2.24, 2.45) is 0 Å². The van der Waals surface area contributed by atoms with E-state index in [0.29, 0.717) is 12.8 Å². The molecule has 1 aromatic rings. The monoisotopic (exact) mass is 281 g/mol. The minimum absolute atomic E-state index is 0.262. The third-order valence-electron chi connectivity index (χ3n) is 3.05. The van der Waals surface area contributed by atoms with Crippen molar-refractivity contribution in [3.05, 3.63) is 41.3 Å². The highest BCUT2D eigenvalue weighted by Crippen LogP contribution is 2.22. The molecule has 2 rings (SSSR count). The van der Waals surface area contributed by atoms with Crippen LogP contribution in [0.1, 0.15) is 18.4 Å². The fraction of sp³-hybridized carbons (Fsp3) is 0.308. The molecule has 0 aromatic heterocycles. The van der Waals surface area contributed by atoms with Gasteiger partial charge in [0, 0.05) is 12.0 Å². The van der Waals surface area contributed by atoms with Crippen molar-refractivity contribution in [3.63, 3.8) is 0 Å². The van der Waals surface area contributed by atoms with Gasteiger partial charge in [-0.3, -0.25) is 4.79 Å². The van der Waals surface area contributed by atoms with Gasteiger partial charge < -0.3 is 5.11 Å². The molecule has 0 aliphatic carbocycles. The predicted molar refractivity (Wildman–Crippen MR) is 71.8 cm³/mol. The number of hydrogen-bond acceptors (Lipinski definition) is 3. The predicted octanol–water partition coefficient (Wildman–Crippen LogP) is 1.54. The number of hydrogen-bond donors (Lipinski definition) is 1. The van der Waals surface area contributed by atoms with E-state index in [1.54, 1.807) is 12.1 Å². The van der Waals surface area contributed by atoms with Gasteiger partial charge in [-0.1, -0.05) is 30.3 Å². The third-order valence-corrected chi connectivity index (χ3v) is 4.62. The zero-order valence-electron chi connectivity index (χ0n) is 10.3. The number of nitrogens with zero attached hydrogens (tertiary/aromatic N) is 1. The average molecular weight is 281 g/mol. The quantitative estimate of drug-likeness (QED) is 0.908. The Hall–Kier alpha value is -1.66. The van der Waals surface area contributed by atoms with Gasteiger partial charge in [-0.15, -0.1) is 0 Å². The molecule has 0 radical (unpaired) electrons. The number of benzene rings is 1. The van der Waals surface area contributed by atoms with E-state index in [1.165, 1.54) is 6.08 Å². The molecule has 0 bridgehead atoms. The van der Waals surface area contributed by atoms with E-state index in [0.717, 1.165) is 15.3 Å². The first kappa shape index (κ1) is 13.8. The molecule has 1 saturated heterocycles. The van der Waals surface area contributed by atoms with E-state index in [1.807, 2.05) is 18.2 Å². The van der Waals surface area contributed by atoms with Crippen LogP contribution in [0.3, 0.4) is 0 Å². The summed E-state index contributed by atoms with van der Waals surface area (Å²) in [4.78, 5) is 11.0. The summed E-state index contributed by atoms with van der Waals surface area (Å²) in [6.07, 6.45) is 2.43. The van der Waals surface area contributed by atoms with E-state index in [2.05, 4.69) is 0 Å². The molecule has 1 heterocycles. The lowest BCUT2D eigenvalue weighted by molar-refractivity contribution is -0.140. The maximum Gasteiger partial charge on any atom is 0.322 e. The Balaban J connectivity index is 2.19. The standard InChI is InChI=1S/C13H15NO4S/c15-13(16)12-7-4-9-14(12)19(17,18)10-8-11-5-2-1-3-6-11/h1-3,5-6,8,10,12H,4,7,9H2,(H,15,16)/t12-/m0/s1. The highest BCUT2D eigenvalue weighted by Gasteiger charge is 2.37. The minimum atomic E-state index is -3.68. The topological polar surface area (TPSA) is 74.7 Å². The first-order valence-corrected chi connectivity index (χ1v) is 7.49. The smallest absolute Gasteiger partial charge is 0.322 e. The number of sulfonamides is 1. The van der Waals surface area contributed by atoms with Crippen LogP contribution in [0.2, 0.25) is 0 Å². The van der Waals surface area contributed by atoms with Crippen LogP contribution in [0, 0.1) is 0 Å². The molecule has 1 N–H and O–H groups in total. The molecular weight excluding hydrogens is 266 g/mol. The Morgan fingerprint density at radius 3 is 2.63 bits per heavy atom. The van der Waals surface area contributed by atoms with E-state index >= 15 is 0 Å². The molecule has 1 atom stereocenters. The second-order valence-corrected chi connectivity index (χ2v) is 6.14. The molecule has 0 amide bonds. The largest absolute Gasteiger partial charge is 0.480 e. The number of rotatable bonds is 4. The van der Waals surface area contributed by atoms with Gasteiger partial charge in [-0.05, 0) is 24.5 Å². The fourth-order valence-electron chi connectivity index (χ4n) is 2.10. The first-order valence-electron chi connectivity index (χ1n) is 5.98. The molecule has 0 saturated carbocycles. The van der Waals surface area contributed by atoms with Gasteiger partial charge in [0.15, 0.2) is 0 Å². The van der Waals surface area contributed by atoms with Crippen LogP contribution in [-0.4, -0.2) is 36.4 Å². The molecule has 5 nitrogen and oxygen atoms in total. The second-order valence-electron chi connectivity index (χ2n) is 4.37. The summed E-state index contributed by atoms with van der Waals surface area (Å²) in [5.74, 6) is -1.09. The van der Waals surface area contributed by atoms with Crippen LogP contribution in [0.4, 0.5) is 0 Å². The summed E-state index contributed by atoms with van der Waals surface area (Å²) < 4.78 is 25.2. The number of carboxylic acid groups (broad SMARTS) is 1. The molecular formula is C13H15NO4S. The van der Waals surface area contributed by atoms with Crippen molar-refractivity contribution in [2.45, 2.75) is 18.9 Å². The highest BCUT2D eigenvalue weighted by molar-refractivity contribution is 7.92. The van der Waals surface area contributed by atoms with Crippen LogP contribution in [0.15, 0.2) is 35.7 Å². The molecule has 102 valence electrons. The summed E-state index contributed by atoms with van der Waals surface area (Å²) in [6, 6.07) is 8.08.